The molecule has 2 atom stereocenters. The maximum Gasteiger partial charge on any atom is 0.225 e. The highest BCUT2D eigenvalue weighted by Crippen LogP contribution is 2.29. The molecule has 0 spiro atoms. The van der Waals surface area contributed by atoms with Crippen molar-refractivity contribution in [2.75, 3.05) is 13.1 Å². The highest BCUT2D eigenvalue weighted by atomic mass is 16.2. The van der Waals surface area contributed by atoms with E-state index in [1.165, 1.54) is 44.9 Å². The van der Waals surface area contributed by atoms with Crippen molar-refractivity contribution in [2.45, 2.75) is 102 Å². The van der Waals surface area contributed by atoms with Crippen LogP contribution in [-0.2, 0) is 9.59 Å². The minimum Gasteiger partial charge on any atom is -0.353 e. The van der Waals surface area contributed by atoms with Gasteiger partial charge in [0, 0.05) is 43.6 Å². The summed E-state index contributed by atoms with van der Waals surface area (Å²) < 4.78 is 0. The molecule has 5 nitrogen and oxygen atoms in total. The molecule has 4 fully saturated rings. The van der Waals surface area contributed by atoms with Crippen molar-refractivity contribution in [1.29, 1.82) is 0 Å². The van der Waals surface area contributed by atoms with E-state index in [-0.39, 0.29) is 17.9 Å². The Morgan fingerprint density at radius 2 is 1.59 bits per heavy atom. The van der Waals surface area contributed by atoms with Crippen molar-refractivity contribution in [1.82, 2.24) is 15.5 Å². The van der Waals surface area contributed by atoms with E-state index in [2.05, 4.69) is 15.5 Å². The lowest BCUT2D eigenvalue weighted by atomic mass is 9.84. The Morgan fingerprint density at radius 1 is 0.852 bits per heavy atom. The third-order valence-electron chi connectivity index (χ3n) is 7.48. The Balaban J connectivity index is 1.19. The molecule has 4 rings (SSSR count). The summed E-state index contributed by atoms with van der Waals surface area (Å²) in [6, 6.07) is 1.42. The zero-order valence-electron chi connectivity index (χ0n) is 16.8. The zero-order chi connectivity index (χ0) is 18.6. The average molecular weight is 376 g/mol. The molecule has 2 unspecified atom stereocenters. The van der Waals surface area contributed by atoms with Gasteiger partial charge in [-0.1, -0.05) is 19.3 Å². The van der Waals surface area contributed by atoms with Gasteiger partial charge in [-0.05, 0) is 63.7 Å². The van der Waals surface area contributed by atoms with Crippen LogP contribution >= 0.6 is 0 Å². The van der Waals surface area contributed by atoms with Gasteiger partial charge in [0.15, 0.2) is 0 Å². The van der Waals surface area contributed by atoms with Gasteiger partial charge in [0.05, 0.1) is 0 Å². The van der Waals surface area contributed by atoms with Gasteiger partial charge in [-0.15, -0.1) is 0 Å². The van der Waals surface area contributed by atoms with Crippen LogP contribution in [0, 0.1) is 11.8 Å². The molecule has 4 aliphatic rings. The van der Waals surface area contributed by atoms with Crippen LogP contribution in [0.2, 0.25) is 0 Å². The molecular weight excluding hydrogens is 338 g/mol. The first-order chi connectivity index (χ1) is 13.2. The van der Waals surface area contributed by atoms with E-state index in [9.17, 15) is 9.59 Å². The Bertz CT molecular complexity index is 524. The smallest absolute Gasteiger partial charge is 0.225 e. The molecular formula is C22H37N3O2. The summed E-state index contributed by atoms with van der Waals surface area (Å²) in [7, 11) is 0. The molecule has 2 N–H and O–H groups in total. The van der Waals surface area contributed by atoms with Crippen LogP contribution in [0.1, 0.15) is 83.5 Å². The van der Waals surface area contributed by atoms with Gasteiger partial charge in [-0.25, -0.2) is 0 Å². The Hall–Kier alpha value is -1.10. The van der Waals surface area contributed by atoms with E-state index < -0.39 is 0 Å². The summed E-state index contributed by atoms with van der Waals surface area (Å²) >= 11 is 0. The predicted molar refractivity (Wildman–Crippen MR) is 106 cm³/mol. The van der Waals surface area contributed by atoms with Crippen molar-refractivity contribution in [3.8, 4) is 0 Å². The lowest BCUT2D eigenvalue weighted by molar-refractivity contribution is -0.137. The molecule has 2 bridgehead atoms. The Labute approximate surface area is 164 Å². The predicted octanol–water partition coefficient (Wildman–Crippen LogP) is 2.98. The Morgan fingerprint density at radius 3 is 2.37 bits per heavy atom. The highest BCUT2D eigenvalue weighted by Gasteiger charge is 2.35. The first-order valence-electron chi connectivity index (χ1n) is 11.5. The number of fused-ring (bicyclic) bond motifs is 2. The van der Waals surface area contributed by atoms with Crippen molar-refractivity contribution < 1.29 is 9.59 Å². The van der Waals surface area contributed by atoms with Gasteiger partial charge in [0.2, 0.25) is 11.8 Å². The molecule has 2 amide bonds. The van der Waals surface area contributed by atoms with Gasteiger partial charge in [-0.3, -0.25) is 9.59 Å². The van der Waals surface area contributed by atoms with Crippen LogP contribution in [0.5, 0.6) is 0 Å². The standard InChI is InChI=1S/C22H37N3O2/c26-21(14-16-4-2-1-3-5-16)24-18-8-6-17(7-9-18)22(27)25-13-12-19-10-11-20(15-25)23-19/h16-20,23H,1-15H2,(H,24,26). The van der Waals surface area contributed by atoms with Gasteiger partial charge in [-0.2, -0.15) is 0 Å². The molecule has 5 heteroatoms. The summed E-state index contributed by atoms with van der Waals surface area (Å²) in [5, 5.41) is 6.92. The molecule has 2 aliphatic carbocycles. The van der Waals surface area contributed by atoms with Gasteiger partial charge in [0.1, 0.15) is 0 Å². The van der Waals surface area contributed by atoms with Crippen LogP contribution in [0.25, 0.3) is 0 Å². The monoisotopic (exact) mass is 375 g/mol. The normalized spacial score (nSPS) is 34.9. The number of likely N-dealkylation sites (tertiary alicyclic amines) is 1. The zero-order valence-corrected chi connectivity index (χ0v) is 16.8. The molecule has 0 aromatic carbocycles. The van der Waals surface area contributed by atoms with Crippen LogP contribution in [0.4, 0.5) is 0 Å². The molecule has 2 saturated carbocycles. The fraction of sp³-hybridized carbons (Fsp3) is 0.909. The fourth-order valence-corrected chi connectivity index (χ4v) is 5.83. The number of rotatable bonds is 4. The van der Waals surface area contributed by atoms with E-state index in [1.807, 2.05) is 0 Å². The second kappa shape index (κ2) is 8.93. The molecule has 27 heavy (non-hydrogen) atoms. The highest BCUT2D eigenvalue weighted by molar-refractivity contribution is 5.79. The van der Waals surface area contributed by atoms with Gasteiger partial charge < -0.3 is 15.5 Å². The SMILES string of the molecule is O=C(CC1CCCCC1)NC1CCC(C(=O)N2CCC3CCC(C2)N3)CC1. The first kappa shape index (κ1) is 19.2. The van der Waals surface area contributed by atoms with Gasteiger partial charge >= 0.3 is 0 Å². The second-order valence-electron chi connectivity index (χ2n) is 9.54. The van der Waals surface area contributed by atoms with E-state index in [4.69, 9.17) is 0 Å². The third-order valence-corrected chi connectivity index (χ3v) is 7.48. The molecule has 0 aromatic heterocycles. The number of carbonyl (C=O) groups excluding carboxylic acids is 2. The second-order valence-corrected chi connectivity index (χ2v) is 9.54. The van der Waals surface area contributed by atoms with E-state index in [0.29, 0.717) is 30.3 Å². The van der Waals surface area contributed by atoms with E-state index in [0.717, 1.165) is 45.2 Å². The van der Waals surface area contributed by atoms with Crippen molar-refractivity contribution in [3.63, 3.8) is 0 Å². The van der Waals surface area contributed by atoms with Crippen LogP contribution in [0.15, 0.2) is 0 Å². The van der Waals surface area contributed by atoms with E-state index >= 15 is 0 Å². The number of hydrogen-bond acceptors (Lipinski definition) is 3. The number of nitrogens with one attached hydrogen (secondary N) is 2. The summed E-state index contributed by atoms with van der Waals surface area (Å²) in [6.07, 6.45) is 14.5. The average Bonchev–Trinajstić information content (AvgIpc) is 3.01. The number of hydrogen-bond donors (Lipinski definition) is 2. The number of amides is 2. The number of nitrogens with zero attached hydrogens (tertiary/aromatic N) is 1. The van der Waals surface area contributed by atoms with Crippen LogP contribution in [-0.4, -0.2) is 47.9 Å². The maximum absolute atomic E-state index is 13.0. The van der Waals surface area contributed by atoms with E-state index in [1.54, 1.807) is 0 Å². The molecule has 0 radical (unpaired) electrons. The summed E-state index contributed by atoms with van der Waals surface area (Å²) in [4.78, 5) is 27.5. The summed E-state index contributed by atoms with van der Waals surface area (Å²) in [5.41, 5.74) is 0. The topological polar surface area (TPSA) is 61.4 Å². The van der Waals surface area contributed by atoms with Crippen LogP contribution in [0.3, 0.4) is 0 Å². The van der Waals surface area contributed by atoms with Crippen molar-refractivity contribution in [2.24, 2.45) is 11.8 Å². The molecule has 0 aromatic rings. The number of carbonyl (C=O) groups is 2. The lowest BCUT2D eigenvalue weighted by Crippen LogP contribution is -2.45. The quantitative estimate of drug-likeness (QED) is 0.794. The van der Waals surface area contributed by atoms with Crippen molar-refractivity contribution >= 4 is 11.8 Å². The third kappa shape index (κ3) is 5.04. The summed E-state index contributed by atoms with van der Waals surface area (Å²) in [6.45, 7) is 1.82. The Kier molecular flexibility index (Phi) is 6.36. The largest absolute Gasteiger partial charge is 0.353 e. The fourth-order valence-electron chi connectivity index (χ4n) is 5.83. The lowest BCUT2D eigenvalue weighted by Gasteiger charge is -2.33. The van der Waals surface area contributed by atoms with Crippen molar-refractivity contribution in [3.05, 3.63) is 0 Å². The van der Waals surface area contributed by atoms with Gasteiger partial charge in [0.25, 0.3) is 0 Å². The molecule has 2 saturated heterocycles. The molecule has 2 aliphatic heterocycles. The first-order valence-corrected chi connectivity index (χ1v) is 11.5. The summed E-state index contributed by atoms with van der Waals surface area (Å²) in [5.74, 6) is 1.39. The molecule has 152 valence electrons. The molecule has 2 heterocycles. The minimum absolute atomic E-state index is 0.174. The minimum atomic E-state index is 0.174. The van der Waals surface area contributed by atoms with Crippen LogP contribution < -0.4 is 10.6 Å². The maximum atomic E-state index is 13.0.